The summed E-state index contributed by atoms with van der Waals surface area (Å²) in [5, 5.41) is 0. The molecule has 2 saturated heterocycles. The lowest BCUT2D eigenvalue weighted by Gasteiger charge is -2.35. The van der Waals surface area contributed by atoms with E-state index in [1.54, 1.807) is 0 Å². The number of hydrogen-bond donors (Lipinski definition) is 0. The van der Waals surface area contributed by atoms with Gasteiger partial charge in [-0.05, 0) is 38.0 Å². The van der Waals surface area contributed by atoms with Gasteiger partial charge < -0.3 is 14.5 Å². The van der Waals surface area contributed by atoms with Gasteiger partial charge in [0.1, 0.15) is 0 Å². The second-order valence-corrected chi connectivity index (χ2v) is 6.55. The number of carbonyl (C=O) groups is 2. The first-order chi connectivity index (χ1) is 11.0. The predicted octanol–water partition coefficient (Wildman–Crippen LogP) is 1.99. The molecular formula is C18H24N2O3. The van der Waals surface area contributed by atoms with Crippen molar-refractivity contribution in [3.05, 3.63) is 29.8 Å². The Kier molecular flexibility index (Phi) is 4.66. The molecule has 2 amide bonds. The van der Waals surface area contributed by atoms with Crippen molar-refractivity contribution in [1.29, 1.82) is 0 Å². The van der Waals surface area contributed by atoms with Crippen LogP contribution in [0.5, 0.6) is 0 Å². The van der Waals surface area contributed by atoms with Crippen LogP contribution in [-0.4, -0.2) is 48.6 Å². The molecule has 2 fully saturated rings. The highest BCUT2D eigenvalue weighted by Gasteiger charge is 2.26. The zero-order valence-electron chi connectivity index (χ0n) is 13.8. The van der Waals surface area contributed by atoms with Crippen LogP contribution in [0.2, 0.25) is 0 Å². The van der Waals surface area contributed by atoms with Gasteiger partial charge in [0.15, 0.2) is 0 Å². The molecule has 0 bridgehead atoms. The van der Waals surface area contributed by atoms with Gasteiger partial charge in [0, 0.05) is 31.7 Å². The molecule has 2 heterocycles. The van der Waals surface area contributed by atoms with E-state index in [2.05, 4.69) is 0 Å². The van der Waals surface area contributed by atoms with Crippen LogP contribution in [0.25, 0.3) is 0 Å². The Labute approximate surface area is 137 Å². The largest absolute Gasteiger partial charge is 0.372 e. The SMILES string of the molecule is CC1CN(C(=O)Cc2ccc(N3CCCC3=O)cc2)CC(C)O1. The van der Waals surface area contributed by atoms with E-state index in [0.717, 1.165) is 24.2 Å². The molecule has 0 saturated carbocycles. The van der Waals surface area contributed by atoms with Gasteiger partial charge in [-0.15, -0.1) is 0 Å². The molecule has 2 aliphatic heterocycles. The maximum Gasteiger partial charge on any atom is 0.227 e. The van der Waals surface area contributed by atoms with E-state index in [9.17, 15) is 9.59 Å². The first-order valence-corrected chi connectivity index (χ1v) is 8.35. The highest BCUT2D eigenvalue weighted by molar-refractivity contribution is 5.95. The van der Waals surface area contributed by atoms with Crippen molar-refractivity contribution in [3.63, 3.8) is 0 Å². The molecule has 2 unspecified atom stereocenters. The number of hydrogen-bond acceptors (Lipinski definition) is 3. The van der Waals surface area contributed by atoms with E-state index in [1.165, 1.54) is 0 Å². The molecule has 3 rings (SSSR count). The van der Waals surface area contributed by atoms with E-state index in [0.29, 0.717) is 25.9 Å². The summed E-state index contributed by atoms with van der Waals surface area (Å²) >= 11 is 0. The minimum Gasteiger partial charge on any atom is -0.372 e. The Bertz CT molecular complexity index is 574. The highest BCUT2D eigenvalue weighted by Crippen LogP contribution is 2.22. The van der Waals surface area contributed by atoms with Crippen LogP contribution >= 0.6 is 0 Å². The summed E-state index contributed by atoms with van der Waals surface area (Å²) in [5.74, 6) is 0.321. The third-order valence-electron chi connectivity index (χ3n) is 4.45. The number of rotatable bonds is 3. The smallest absolute Gasteiger partial charge is 0.227 e. The minimum absolute atomic E-state index is 0.0891. The fourth-order valence-electron chi connectivity index (χ4n) is 3.38. The lowest BCUT2D eigenvalue weighted by molar-refractivity contribution is -0.142. The molecule has 23 heavy (non-hydrogen) atoms. The van der Waals surface area contributed by atoms with Crippen molar-refractivity contribution < 1.29 is 14.3 Å². The molecule has 0 aromatic heterocycles. The third kappa shape index (κ3) is 3.72. The van der Waals surface area contributed by atoms with Gasteiger partial charge in [-0.1, -0.05) is 12.1 Å². The van der Waals surface area contributed by atoms with Crippen molar-refractivity contribution in [2.24, 2.45) is 0 Å². The summed E-state index contributed by atoms with van der Waals surface area (Å²) in [5.41, 5.74) is 1.91. The zero-order chi connectivity index (χ0) is 16.4. The maximum atomic E-state index is 12.5. The average molecular weight is 316 g/mol. The second-order valence-electron chi connectivity index (χ2n) is 6.55. The summed E-state index contributed by atoms with van der Waals surface area (Å²) in [6.07, 6.45) is 2.13. The Morgan fingerprint density at radius 2 is 1.83 bits per heavy atom. The number of anilines is 1. The van der Waals surface area contributed by atoms with Crippen molar-refractivity contribution in [3.8, 4) is 0 Å². The molecule has 1 aromatic carbocycles. The van der Waals surface area contributed by atoms with Gasteiger partial charge in [0.05, 0.1) is 18.6 Å². The summed E-state index contributed by atoms with van der Waals surface area (Å²) in [6, 6.07) is 7.78. The molecule has 2 aliphatic rings. The van der Waals surface area contributed by atoms with Crippen molar-refractivity contribution in [2.75, 3.05) is 24.5 Å². The van der Waals surface area contributed by atoms with Crippen LogP contribution in [0.3, 0.4) is 0 Å². The standard InChI is InChI=1S/C18H24N2O3/c1-13-11-19(12-14(2)23-13)18(22)10-15-5-7-16(8-6-15)20-9-3-4-17(20)21/h5-8,13-14H,3-4,9-12H2,1-2H3. The number of benzene rings is 1. The molecule has 5 heteroatoms. The summed E-state index contributed by atoms with van der Waals surface area (Å²) < 4.78 is 5.67. The molecular weight excluding hydrogens is 292 g/mol. The number of nitrogens with zero attached hydrogens (tertiary/aromatic N) is 2. The molecule has 2 atom stereocenters. The number of morpholine rings is 1. The fourth-order valence-corrected chi connectivity index (χ4v) is 3.38. The van der Waals surface area contributed by atoms with Gasteiger partial charge in [-0.3, -0.25) is 9.59 Å². The summed E-state index contributed by atoms with van der Waals surface area (Å²) in [6.45, 7) is 6.10. The summed E-state index contributed by atoms with van der Waals surface area (Å²) in [7, 11) is 0. The molecule has 0 radical (unpaired) electrons. The third-order valence-corrected chi connectivity index (χ3v) is 4.45. The van der Waals surface area contributed by atoms with E-state index in [4.69, 9.17) is 4.74 Å². The Balaban J connectivity index is 1.61. The van der Waals surface area contributed by atoms with E-state index < -0.39 is 0 Å². The van der Waals surface area contributed by atoms with E-state index >= 15 is 0 Å². The number of carbonyl (C=O) groups excluding carboxylic acids is 2. The average Bonchev–Trinajstić information content (AvgIpc) is 2.93. The highest BCUT2D eigenvalue weighted by atomic mass is 16.5. The lowest BCUT2D eigenvalue weighted by atomic mass is 10.1. The molecule has 0 spiro atoms. The van der Waals surface area contributed by atoms with Gasteiger partial charge in [0.25, 0.3) is 0 Å². The van der Waals surface area contributed by atoms with Gasteiger partial charge in [0.2, 0.25) is 11.8 Å². The van der Waals surface area contributed by atoms with Crippen LogP contribution in [-0.2, 0) is 20.7 Å². The molecule has 0 N–H and O–H groups in total. The normalized spacial score (nSPS) is 25.0. The quantitative estimate of drug-likeness (QED) is 0.857. The van der Waals surface area contributed by atoms with Crippen LogP contribution in [0.15, 0.2) is 24.3 Å². The van der Waals surface area contributed by atoms with Gasteiger partial charge in [-0.25, -0.2) is 0 Å². The Hall–Kier alpha value is -1.88. The van der Waals surface area contributed by atoms with Gasteiger partial charge >= 0.3 is 0 Å². The predicted molar refractivity (Wildman–Crippen MR) is 88.3 cm³/mol. The number of amides is 2. The van der Waals surface area contributed by atoms with Crippen LogP contribution in [0.4, 0.5) is 5.69 Å². The monoisotopic (exact) mass is 316 g/mol. The maximum absolute atomic E-state index is 12.5. The molecule has 0 aliphatic carbocycles. The van der Waals surface area contributed by atoms with Crippen LogP contribution < -0.4 is 4.90 Å². The Morgan fingerprint density at radius 1 is 1.17 bits per heavy atom. The van der Waals surface area contributed by atoms with E-state index in [-0.39, 0.29) is 24.0 Å². The lowest BCUT2D eigenvalue weighted by Crippen LogP contribution is -2.48. The fraction of sp³-hybridized carbons (Fsp3) is 0.556. The van der Waals surface area contributed by atoms with E-state index in [1.807, 2.05) is 47.9 Å². The molecule has 5 nitrogen and oxygen atoms in total. The molecule has 124 valence electrons. The zero-order valence-corrected chi connectivity index (χ0v) is 13.8. The van der Waals surface area contributed by atoms with Crippen molar-refractivity contribution in [2.45, 2.75) is 45.3 Å². The van der Waals surface area contributed by atoms with Crippen LogP contribution in [0.1, 0.15) is 32.3 Å². The topological polar surface area (TPSA) is 49.9 Å². The van der Waals surface area contributed by atoms with Gasteiger partial charge in [-0.2, -0.15) is 0 Å². The number of ether oxygens (including phenoxy) is 1. The second kappa shape index (κ2) is 6.71. The van der Waals surface area contributed by atoms with Crippen molar-refractivity contribution in [1.82, 2.24) is 4.90 Å². The van der Waals surface area contributed by atoms with Crippen LogP contribution in [0, 0.1) is 0 Å². The minimum atomic E-state index is 0.0891. The van der Waals surface area contributed by atoms with Crippen molar-refractivity contribution >= 4 is 17.5 Å². The summed E-state index contributed by atoms with van der Waals surface area (Å²) in [4.78, 5) is 27.9. The Morgan fingerprint density at radius 3 is 2.39 bits per heavy atom. The first-order valence-electron chi connectivity index (χ1n) is 8.35. The first kappa shape index (κ1) is 16.0. The molecule has 1 aromatic rings.